The van der Waals surface area contributed by atoms with Gasteiger partial charge in [-0.2, -0.15) is 4.31 Å². The number of nitrogens with zero attached hydrogens (tertiary/aromatic N) is 1. The molecule has 0 radical (unpaired) electrons. The van der Waals surface area contributed by atoms with Crippen LogP contribution in [-0.2, 0) is 14.8 Å². The molecule has 0 spiro atoms. The summed E-state index contributed by atoms with van der Waals surface area (Å²) in [6.45, 7) is 0.281. The maximum atomic E-state index is 13.4. The normalized spacial score (nSPS) is 20.2. The number of piperidine rings is 1. The van der Waals surface area contributed by atoms with Crippen molar-refractivity contribution < 1.29 is 22.3 Å². The highest BCUT2D eigenvalue weighted by molar-refractivity contribution is 7.89. The summed E-state index contributed by atoms with van der Waals surface area (Å²) < 4.78 is 44.7. The van der Waals surface area contributed by atoms with Gasteiger partial charge in [-0.25, -0.2) is 12.8 Å². The summed E-state index contributed by atoms with van der Waals surface area (Å²) in [6, 6.07) is 3.31. The van der Waals surface area contributed by atoms with Crippen LogP contribution in [0.2, 0.25) is 0 Å². The highest BCUT2D eigenvalue weighted by atomic mass is 32.2. The van der Waals surface area contributed by atoms with E-state index in [2.05, 4.69) is 0 Å². The predicted octanol–water partition coefficient (Wildman–Crippen LogP) is 0.720. The average Bonchev–Trinajstić information content (AvgIpc) is 2.47. The number of hydrogen-bond donors (Lipinski definition) is 1. The highest BCUT2D eigenvalue weighted by Gasteiger charge is 2.34. The van der Waals surface area contributed by atoms with Gasteiger partial charge in [0.05, 0.1) is 13.0 Å². The Morgan fingerprint density at radius 3 is 2.81 bits per heavy atom. The molecule has 2 N–H and O–H groups in total. The summed E-state index contributed by atoms with van der Waals surface area (Å²) >= 11 is 0. The number of hydrogen-bond acceptors (Lipinski definition) is 4. The third kappa shape index (κ3) is 3.16. The Hall–Kier alpha value is -1.67. The first-order valence-corrected chi connectivity index (χ1v) is 7.93. The van der Waals surface area contributed by atoms with E-state index in [1.807, 2.05) is 0 Å². The molecule has 0 unspecified atom stereocenters. The number of carbonyl (C=O) groups excluding carboxylic acids is 1. The Kier molecular flexibility index (Phi) is 4.48. The van der Waals surface area contributed by atoms with E-state index in [1.165, 1.54) is 13.2 Å². The molecule has 1 saturated heterocycles. The maximum Gasteiger partial charge on any atom is 0.246 e. The van der Waals surface area contributed by atoms with Crippen molar-refractivity contribution in [3.05, 3.63) is 24.0 Å². The Labute approximate surface area is 122 Å². The number of rotatable bonds is 4. The van der Waals surface area contributed by atoms with Crippen LogP contribution in [0.25, 0.3) is 0 Å². The van der Waals surface area contributed by atoms with E-state index < -0.39 is 27.7 Å². The molecular weight excluding hydrogens is 299 g/mol. The lowest BCUT2D eigenvalue weighted by Gasteiger charge is -2.30. The van der Waals surface area contributed by atoms with E-state index in [9.17, 15) is 17.6 Å². The molecule has 1 fully saturated rings. The second-order valence-corrected chi connectivity index (χ2v) is 6.81. The fourth-order valence-electron chi connectivity index (χ4n) is 2.38. The van der Waals surface area contributed by atoms with Crippen LogP contribution in [0.4, 0.5) is 4.39 Å². The van der Waals surface area contributed by atoms with Crippen molar-refractivity contribution in [2.45, 2.75) is 17.7 Å². The standard InChI is InChI=1S/C13H17FN2O4S/c1-20-11-5-4-10(14)7-12(11)21(18,19)16-6-2-3-9(8-16)13(15)17/h4-5,7,9H,2-3,6,8H2,1H3,(H2,15,17)/t9-/m1/s1. The van der Waals surface area contributed by atoms with Gasteiger partial charge in [0.2, 0.25) is 15.9 Å². The quantitative estimate of drug-likeness (QED) is 0.886. The minimum absolute atomic E-state index is 0.0112. The zero-order chi connectivity index (χ0) is 15.6. The third-order valence-electron chi connectivity index (χ3n) is 3.53. The highest BCUT2D eigenvalue weighted by Crippen LogP contribution is 2.30. The number of halogens is 1. The molecule has 1 aliphatic rings. The lowest BCUT2D eigenvalue weighted by atomic mass is 9.99. The Morgan fingerprint density at radius 1 is 1.48 bits per heavy atom. The molecule has 2 rings (SSSR count). The van der Waals surface area contributed by atoms with Crippen LogP contribution in [0.5, 0.6) is 5.75 Å². The van der Waals surface area contributed by atoms with Crippen molar-refractivity contribution in [3.63, 3.8) is 0 Å². The molecule has 0 saturated carbocycles. The van der Waals surface area contributed by atoms with Gasteiger partial charge in [-0.1, -0.05) is 0 Å². The zero-order valence-corrected chi connectivity index (χ0v) is 12.4. The Morgan fingerprint density at radius 2 is 2.19 bits per heavy atom. The number of primary amides is 1. The Bertz CT molecular complexity index is 648. The first-order chi connectivity index (χ1) is 9.86. The van der Waals surface area contributed by atoms with E-state index in [-0.39, 0.29) is 23.7 Å². The number of amides is 1. The second kappa shape index (κ2) is 5.98. The average molecular weight is 316 g/mol. The summed E-state index contributed by atoms with van der Waals surface area (Å²) in [6.07, 6.45) is 1.09. The van der Waals surface area contributed by atoms with Crippen molar-refractivity contribution in [1.29, 1.82) is 0 Å². The van der Waals surface area contributed by atoms with E-state index in [0.29, 0.717) is 12.8 Å². The van der Waals surface area contributed by atoms with Crippen molar-refractivity contribution in [1.82, 2.24) is 4.31 Å². The van der Waals surface area contributed by atoms with E-state index in [4.69, 9.17) is 10.5 Å². The summed E-state index contributed by atoms with van der Waals surface area (Å²) in [4.78, 5) is 11.0. The van der Waals surface area contributed by atoms with Crippen molar-refractivity contribution in [3.8, 4) is 5.75 Å². The van der Waals surface area contributed by atoms with Crippen LogP contribution in [0, 0.1) is 11.7 Å². The van der Waals surface area contributed by atoms with Gasteiger partial charge in [0.15, 0.2) is 0 Å². The Balaban J connectivity index is 2.38. The first-order valence-electron chi connectivity index (χ1n) is 6.49. The number of carbonyl (C=O) groups is 1. The van der Waals surface area contributed by atoms with Gasteiger partial charge >= 0.3 is 0 Å². The fourth-order valence-corrected chi connectivity index (χ4v) is 4.08. The number of benzene rings is 1. The van der Waals surface area contributed by atoms with Crippen molar-refractivity contribution in [2.75, 3.05) is 20.2 Å². The van der Waals surface area contributed by atoms with Crippen LogP contribution in [0.3, 0.4) is 0 Å². The summed E-state index contributed by atoms with van der Waals surface area (Å²) in [5.74, 6) is -1.65. The van der Waals surface area contributed by atoms with Gasteiger partial charge < -0.3 is 10.5 Å². The summed E-state index contributed by atoms with van der Waals surface area (Å²) in [5, 5.41) is 0. The molecule has 1 atom stereocenters. The molecule has 8 heteroatoms. The molecule has 1 heterocycles. The van der Waals surface area contributed by atoms with Crippen LogP contribution in [0.1, 0.15) is 12.8 Å². The van der Waals surface area contributed by atoms with Gasteiger partial charge in [-0.05, 0) is 31.0 Å². The number of sulfonamides is 1. The lowest BCUT2D eigenvalue weighted by Crippen LogP contribution is -2.44. The zero-order valence-electron chi connectivity index (χ0n) is 11.6. The molecule has 0 bridgehead atoms. The lowest BCUT2D eigenvalue weighted by molar-refractivity contribution is -0.122. The number of nitrogens with two attached hydrogens (primary N) is 1. The van der Waals surface area contributed by atoms with Crippen molar-refractivity contribution in [2.24, 2.45) is 11.7 Å². The maximum absolute atomic E-state index is 13.4. The summed E-state index contributed by atoms with van der Waals surface area (Å²) in [5.41, 5.74) is 5.25. The number of methoxy groups -OCH3 is 1. The molecule has 1 aromatic carbocycles. The molecule has 1 amide bonds. The monoisotopic (exact) mass is 316 g/mol. The van der Waals surface area contributed by atoms with E-state index in [0.717, 1.165) is 16.4 Å². The fraction of sp³-hybridized carbons (Fsp3) is 0.462. The molecule has 21 heavy (non-hydrogen) atoms. The van der Waals surface area contributed by atoms with Gasteiger partial charge in [0.25, 0.3) is 0 Å². The molecule has 116 valence electrons. The molecule has 0 aliphatic carbocycles. The largest absolute Gasteiger partial charge is 0.495 e. The topological polar surface area (TPSA) is 89.7 Å². The molecular formula is C13H17FN2O4S. The van der Waals surface area contributed by atoms with Crippen LogP contribution in [0.15, 0.2) is 23.1 Å². The molecule has 6 nitrogen and oxygen atoms in total. The molecule has 1 aliphatic heterocycles. The predicted molar refractivity (Wildman–Crippen MR) is 73.6 cm³/mol. The smallest absolute Gasteiger partial charge is 0.246 e. The molecule has 0 aromatic heterocycles. The second-order valence-electron chi connectivity index (χ2n) is 4.90. The van der Waals surface area contributed by atoms with Crippen LogP contribution in [-0.4, -0.2) is 38.8 Å². The van der Waals surface area contributed by atoms with Crippen LogP contribution >= 0.6 is 0 Å². The van der Waals surface area contributed by atoms with E-state index in [1.54, 1.807) is 0 Å². The van der Waals surface area contributed by atoms with Gasteiger partial charge in [0.1, 0.15) is 16.5 Å². The van der Waals surface area contributed by atoms with Gasteiger partial charge in [-0.15, -0.1) is 0 Å². The minimum Gasteiger partial charge on any atom is -0.495 e. The summed E-state index contributed by atoms with van der Waals surface area (Å²) in [7, 11) is -2.62. The first kappa shape index (κ1) is 15.7. The third-order valence-corrected chi connectivity index (χ3v) is 5.42. The molecule has 1 aromatic rings. The van der Waals surface area contributed by atoms with Gasteiger partial charge in [0, 0.05) is 13.1 Å². The van der Waals surface area contributed by atoms with E-state index >= 15 is 0 Å². The van der Waals surface area contributed by atoms with Crippen LogP contribution < -0.4 is 10.5 Å². The van der Waals surface area contributed by atoms with Crippen molar-refractivity contribution >= 4 is 15.9 Å². The number of ether oxygens (including phenoxy) is 1. The minimum atomic E-state index is -3.93. The van der Waals surface area contributed by atoms with Gasteiger partial charge in [-0.3, -0.25) is 4.79 Å². The SMILES string of the molecule is COc1ccc(F)cc1S(=O)(=O)N1CCC[C@@H](C(N)=O)C1.